The Bertz CT molecular complexity index is 678. The van der Waals surface area contributed by atoms with Crippen LogP contribution in [-0.2, 0) is 0 Å². The summed E-state index contributed by atoms with van der Waals surface area (Å²) in [6.07, 6.45) is 0. The Morgan fingerprint density at radius 1 is 1.00 bits per heavy atom. The molecule has 0 bridgehead atoms. The molecule has 0 saturated heterocycles. The number of halogens is 2. The lowest BCUT2D eigenvalue weighted by Gasteiger charge is -2.10. The summed E-state index contributed by atoms with van der Waals surface area (Å²) in [6.45, 7) is 5.10. The van der Waals surface area contributed by atoms with Gasteiger partial charge in [0.15, 0.2) is 0 Å². The predicted molar refractivity (Wildman–Crippen MR) is 72.0 cm³/mol. The van der Waals surface area contributed by atoms with Gasteiger partial charge in [-0.15, -0.1) is 0 Å². The van der Waals surface area contributed by atoms with Crippen LogP contribution < -0.4 is 4.74 Å². The quantitative estimate of drug-likeness (QED) is 0.609. The fraction of sp³-hybridized carbons (Fsp3) is 0.188. The highest BCUT2D eigenvalue weighted by atomic mass is 19.1. The third kappa shape index (κ3) is 2.54. The first-order valence-corrected chi connectivity index (χ1v) is 6.15. The number of benzene rings is 2. The Kier molecular flexibility index (Phi) is 3.84. The summed E-state index contributed by atoms with van der Waals surface area (Å²) in [4.78, 5) is 12.0. The normalized spacial score (nSPS) is 10.4. The van der Waals surface area contributed by atoms with Gasteiger partial charge in [0.2, 0.25) is 0 Å². The number of hydrogen-bond donors (Lipinski definition) is 0. The van der Waals surface area contributed by atoms with Gasteiger partial charge in [-0.1, -0.05) is 18.2 Å². The maximum Gasteiger partial charge on any atom is 0.349 e. The zero-order chi connectivity index (χ0) is 14.9. The summed E-state index contributed by atoms with van der Waals surface area (Å²) in [5, 5.41) is 0. The third-order valence-corrected chi connectivity index (χ3v) is 3.25. The van der Waals surface area contributed by atoms with Crippen molar-refractivity contribution in [3.05, 3.63) is 64.2 Å². The van der Waals surface area contributed by atoms with Crippen molar-refractivity contribution in [3.63, 3.8) is 0 Å². The number of carbonyl (C=O) groups is 1. The molecule has 0 radical (unpaired) electrons. The average Bonchev–Trinajstić information content (AvgIpc) is 2.40. The van der Waals surface area contributed by atoms with Crippen molar-refractivity contribution >= 4 is 5.97 Å². The Hall–Kier alpha value is -2.23. The SMILES string of the molecule is Cc1cccc(OC(=O)c2c(F)ccc(C)c2F)c1C. The molecule has 0 heterocycles. The fourth-order valence-electron chi connectivity index (χ4n) is 1.83. The highest BCUT2D eigenvalue weighted by Gasteiger charge is 2.21. The molecule has 104 valence electrons. The largest absolute Gasteiger partial charge is 0.422 e. The number of hydrogen-bond acceptors (Lipinski definition) is 2. The Morgan fingerprint density at radius 2 is 1.70 bits per heavy atom. The monoisotopic (exact) mass is 276 g/mol. The minimum absolute atomic E-state index is 0.194. The molecule has 20 heavy (non-hydrogen) atoms. The molecule has 2 rings (SSSR count). The predicted octanol–water partition coefficient (Wildman–Crippen LogP) is 4.11. The van der Waals surface area contributed by atoms with Crippen molar-refractivity contribution in [1.29, 1.82) is 0 Å². The van der Waals surface area contributed by atoms with Crippen LogP contribution in [0.25, 0.3) is 0 Å². The van der Waals surface area contributed by atoms with Crippen LogP contribution in [-0.4, -0.2) is 5.97 Å². The van der Waals surface area contributed by atoms with E-state index in [1.165, 1.54) is 13.0 Å². The molecule has 0 spiro atoms. The first kappa shape index (κ1) is 14.2. The Morgan fingerprint density at radius 3 is 2.40 bits per heavy atom. The number of carbonyl (C=O) groups excluding carboxylic acids is 1. The van der Waals surface area contributed by atoms with Gasteiger partial charge < -0.3 is 4.74 Å². The second-order valence-corrected chi connectivity index (χ2v) is 4.64. The molecule has 0 N–H and O–H groups in total. The summed E-state index contributed by atoms with van der Waals surface area (Å²) in [5.41, 5.74) is 1.22. The molecule has 2 aromatic carbocycles. The van der Waals surface area contributed by atoms with E-state index in [2.05, 4.69) is 0 Å². The van der Waals surface area contributed by atoms with Crippen molar-refractivity contribution in [3.8, 4) is 5.75 Å². The van der Waals surface area contributed by atoms with E-state index in [0.29, 0.717) is 5.75 Å². The lowest BCUT2D eigenvalue weighted by Crippen LogP contribution is -2.14. The molecular formula is C16H14F2O2. The van der Waals surface area contributed by atoms with E-state index in [0.717, 1.165) is 17.2 Å². The number of ether oxygens (including phenoxy) is 1. The number of rotatable bonds is 2. The van der Waals surface area contributed by atoms with Gasteiger partial charge in [-0.05, 0) is 49.6 Å². The summed E-state index contributed by atoms with van der Waals surface area (Å²) < 4.78 is 32.6. The van der Waals surface area contributed by atoms with Gasteiger partial charge in [-0.25, -0.2) is 13.6 Å². The van der Waals surface area contributed by atoms with E-state index in [-0.39, 0.29) is 5.56 Å². The Balaban J connectivity index is 2.39. The van der Waals surface area contributed by atoms with Crippen LogP contribution in [0.5, 0.6) is 5.75 Å². The van der Waals surface area contributed by atoms with Gasteiger partial charge in [0.1, 0.15) is 22.9 Å². The molecule has 0 fully saturated rings. The van der Waals surface area contributed by atoms with Gasteiger partial charge in [0.05, 0.1) is 0 Å². The van der Waals surface area contributed by atoms with E-state index >= 15 is 0 Å². The maximum atomic E-state index is 13.9. The van der Waals surface area contributed by atoms with Crippen LogP contribution in [0, 0.1) is 32.4 Å². The van der Waals surface area contributed by atoms with Gasteiger partial charge in [0.25, 0.3) is 0 Å². The molecule has 0 aliphatic heterocycles. The van der Waals surface area contributed by atoms with E-state index in [1.807, 2.05) is 13.0 Å². The smallest absolute Gasteiger partial charge is 0.349 e. The molecule has 0 unspecified atom stereocenters. The van der Waals surface area contributed by atoms with Gasteiger partial charge in [0, 0.05) is 0 Å². The van der Waals surface area contributed by atoms with Crippen molar-refractivity contribution in [2.45, 2.75) is 20.8 Å². The minimum atomic E-state index is -1.03. The molecule has 0 saturated carbocycles. The summed E-state index contributed by atoms with van der Waals surface area (Å²) in [6, 6.07) is 7.50. The second kappa shape index (κ2) is 5.41. The molecule has 4 heteroatoms. The average molecular weight is 276 g/mol. The van der Waals surface area contributed by atoms with Crippen LogP contribution >= 0.6 is 0 Å². The molecule has 2 aromatic rings. The first-order chi connectivity index (χ1) is 9.41. The van der Waals surface area contributed by atoms with Crippen molar-refractivity contribution in [2.75, 3.05) is 0 Å². The van der Waals surface area contributed by atoms with Gasteiger partial charge in [-0.3, -0.25) is 0 Å². The first-order valence-electron chi connectivity index (χ1n) is 6.15. The lowest BCUT2D eigenvalue weighted by molar-refractivity contribution is 0.0723. The third-order valence-electron chi connectivity index (χ3n) is 3.25. The standard InChI is InChI=1S/C16H14F2O2/c1-9-5-4-6-13(11(9)3)20-16(19)14-12(17)8-7-10(2)15(14)18/h4-8H,1-3H3. The lowest BCUT2D eigenvalue weighted by atomic mass is 10.1. The summed E-state index contributed by atoms with van der Waals surface area (Å²) >= 11 is 0. The highest BCUT2D eigenvalue weighted by molar-refractivity contribution is 5.92. The Labute approximate surface area is 116 Å². The van der Waals surface area contributed by atoms with Gasteiger partial charge >= 0.3 is 5.97 Å². The molecule has 0 aliphatic carbocycles. The van der Waals surface area contributed by atoms with Crippen LogP contribution in [0.1, 0.15) is 27.0 Å². The maximum absolute atomic E-state index is 13.9. The van der Waals surface area contributed by atoms with Crippen LogP contribution in [0.2, 0.25) is 0 Å². The number of esters is 1. The number of aryl methyl sites for hydroxylation is 2. The van der Waals surface area contributed by atoms with Gasteiger partial charge in [-0.2, -0.15) is 0 Å². The molecule has 2 nitrogen and oxygen atoms in total. The van der Waals surface area contributed by atoms with E-state index < -0.39 is 23.2 Å². The van der Waals surface area contributed by atoms with E-state index in [1.54, 1.807) is 19.1 Å². The second-order valence-electron chi connectivity index (χ2n) is 4.64. The topological polar surface area (TPSA) is 26.3 Å². The molecule has 0 aliphatic rings. The van der Waals surface area contributed by atoms with Crippen molar-refractivity contribution < 1.29 is 18.3 Å². The molecule has 0 atom stereocenters. The van der Waals surface area contributed by atoms with Crippen molar-refractivity contribution in [2.24, 2.45) is 0 Å². The zero-order valence-corrected chi connectivity index (χ0v) is 11.5. The minimum Gasteiger partial charge on any atom is -0.422 e. The van der Waals surface area contributed by atoms with Crippen molar-refractivity contribution in [1.82, 2.24) is 0 Å². The zero-order valence-electron chi connectivity index (χ0n) is 11.5. The summed E-state index contributed by atoms with van der Waals surface area (Å²) in [7, 11) is 0. The van der Waals surface area contributed by atoms with Crippen LogP contribution in [0.3, 0.4) is 0 Å². The molecular weight excluding hydrogens is 262 g/mol. The van der Waals surface area contributed by atoms with Crippen LogP contribution in [0.4, 0.5) is 8.78 Å². The van der Waals surface area contributed by atoms with E-state index in [4.69, 9.17) is 4.74 Å². The van der Waals surface area contributed by atoms with E-state index in [9.17, 15) is 13.6 Å². The fourth-order valence-corrected chi connectivity index (χ4v) is 1.83. The van der Waals surface area contributed by atoms with Crippen LogP contribution in [0.15, 0.2) is 30.3 Å². The highest BCUT2D eigenvalue weighted by Crippen LogP contribution is 2.23. The summed E-state index contributed by atoms with van der Waals surface area (Å²) in [5.74, 6) is -2.54. The molecule has 0 amide bonds. The molecule has 0 aromatic heterocycles.